The Hall–Kier alpha value is -1.95. The van der Waals surface area contributed by atoms with Crippen LogP contribution in [0.1, 0.15) is 161 Å². The quantitative estimate of drug-likeness (QED) is 0.253. The summed E-state index contributed by atoms with van der Waals surface area (Å²) < 4.78 is 142. The van der Waals surface area contributed by atoms with E-state index in [9.17, 15) is 0 Å². The summed E-state index contributed by atoms with van der Waals surface area (Å²) in [4.78, 5) is 0. The van der Waals surface area contributed by atoms with E-state index in [2.05, 4.69) is 16.0 Å². The van der Waals surface area contributed by atoms with Crippen molar-refractivity contribution in [2.45, 2.75) is 173 Å². The minimum absolute atomic E-state index is 0. The normalized spacial score (nSPS) is 17.2. The van der Waals surface area contributed by atoms with E-state index in [-0.39, 0.29) is 27.2 Å². The van der Waals surface area contributed by atoms with Crippen molar-refractivity contribution in [1.82, 2.24) is 0 Å². The fourth-order valence-electron chi connectivity index (χ4n) is 3.82. The molecule has 0 spiro atoms. The second-order valence-electron chi connectivity index (χ2n) is 14.9. The summed E-state index contributed by atoms with van der Waals surface area (Å²) in [5, 5.41) is 29.1. The topological polar surface area (TPSA) is 138 Å². The molecule has 0 saturated heterocycles. The van der Waals surface area contributed by atoms with E-state index in [4.69, 9.17) is 38.6 Å². The first-order valence-corrected chi connectivity index (χ1v) is 17.1. The monoisotopic (exact) mass is 873 g/mol. The first-order chi connectivity index (χ1) is 30.1. The maximum absolute atomic E-state index is 8.52. The van der Waals surface area contributed by atoms with Gasteiger partial charge in [0.05, 0.1) is 11.2 Å². The SMILES string of the molecule is CC(C)(C)O.CC(C)(C)O.O.[2H]C([2H])([2H])C(C)([N-]c1cc(C)cc(C)c1)C([2H])([2H])[2H].[2H]C([2H])([2H])C(C)([N-]c1cc(C)cc(C)c1)C([2H])([2H])[2H].[2H]C([2H])([2H])C(C)([N-]c1cc(C)cc(C)c1)C([2H])([2H])[2H].[N]#[Mo].[Ti+3]. The van der Waals surface area contributed by atoms with Crippen LogP contribution in [-0.4, -0.2) is 43.5 Å². The molecule has 3 aromatic carbocycles. The molecule has 4 N–H and O–H groups in total. The van der Waals surface area contributed by atoms with Gasteiger partial charge >= 0.3 is 44.9 Å². The zero-order valence-electron chi connectivity index (χ0n) is 52.3. The Morgan fingerprint density at radius 3 is 0.679 bits per heavy atom. The van der Waals surface area contributed by atoms with Crippen LogP contribution in [0.15, 0.2) is 54.6 Å². The van der Waals surface area contributed by atoms with Gasteiger partial charge < -0.3 is 31.6 Å². The molecule has 3 rings (SSSR count). The fourth-order valence-corrected chi connectivity index (χ4v) is 3.82. The zero-order valence-corrected chi connectivity index (χ0v) is 37.9. The molecule has 1 radical (unpaired) electrons. The molecule has 7 nitrogen and oxygen atoms in total. The van der Waals surface area contributed by atoms with Gasteiger partial charge in [0.2, 0.25) is 0 Å². The Morgan fingerprint density at radius 1 is 0.434 bits per heavy atom. The van der Waals surface area contributed by atoms with Crippen molar-refractivity contribution in [2.75, 3.05) is 0 Å². The summed E-state index contributed by atoms with van der Waals surface area (Å²) in [6.07, 6.45) is 0. The van der Waals surface area contributed by atoms with Gasteiger partial charge in [0.1, 0.15) is 0 Å². The summed E-state index contributed by atoms with van der Waals surface area (Å²) in [6, 6.07) is 15.9. The van der Waals surface area contributed by atoms with Crippen LogP contribution in [0.4, 0.5) is 17.1 Å². The molecule has 300 valence electrons. The second-order valence-corrected chi connectivity index (χ2v) is 14.9. The summed E-state index contributed by atoms with van der Waals surface area (Å²) in [5.41, 5.74) is -0.703. The number of hydrogen-bond acceptors (Lipinski definition) is 3. The van der Waals surface area contributed by atoms with E-state index in [0.717, 1.165) is 73.6 Å². The number of hydrogen-bond donors (Lipinski definition) is 2. The van der Waals surface area contributed by atoms with Crippen LogP contribution in [0, 0.1) is 45.3 Å². The molecule has 9 heteroatoms. The van der Waals surface area contributed by atoms with E-state index in [1.165, 1.54) is 0 Å². The predicted octanol–water partition coefficient (Wildman–Crippen LogP) is 13.1. The summed E-state index contributed by atoms with van der Waals surface area (Å²) in [5.74, 6) is 0. The Bertz CT molecular complexity index is 1740. The standard InChI is InChI=1S/3C12H18N.2C4H10O.Mo.N.H2O.Ti/c3*1-9-6-10(2)8-11(7-9)13-12(3,4)5;2*1-4(2,3)5;;;;/h3*6-8H,1-5H3;2*5H,1-3H3;;;1H2;/q3*-1;;;;;;+3/i3*3D3,4D3;;;;;;. The summed E-state index contributed by atoms with van der Waals surface area (Å²) in [7, 11) is 0. The van der Waals surface area contributed by atoms with Crippen LogP contribution in [-0.2, 0) is 41.2 Å². The van der Waals surface area contributed by atoms with E-state index < -0.39 is 68.9 Å². The first-order valence-electron chi connectivity index (χ1n) is 25.2. The van der Waals surface area contributed by atoms with Gasteiger partial charge in [-0.05, 0) is 83.1 Å². The third-order valence-corrected chi connectivity index (χ3v) is 4.68. The van der Waals surface area contributed by atoms with Gasteiger partial charge in [-0.15, -0.1) is 33.7 Å². The van der Waals surface area contributed by atoms with Crippen LogP contribution in [0.25, 0.3) is 16.0 Å². The number of rotatable bonds is 3. The minimum atomic E-state index is -2.70. The number of aliphatic hydroxyl groups is 2. The molecule has 0 atom stereocenters. The molecule has 0 bridgehead atoms. The van der Waals surface area contributed by atoms with Crippen LogP contribution < -0.4 is 0 Å². The zero-order chi connectivity index (χ0) is 56.2. The largest absolute Gasteiger partial charge is 3.00 e. The third-order valence-electron chi connectivity index (χ3n) is 4.68. The molecular weight excluding hydrogens is 776 g/mol. The van der Waals surface area contributed by atoms with Crippen molar-refractivity contribution in [2.24, 2.45) is 0 Å². The smallest absolute Gasteiger partial charge is 3.00 e. The van der Waals surface area contributed by atoms with Crippen molar-refractivity contribution in [3.8, 4) is 0 Å². The van der Waals surface area contributed by atoms with Crippen molar-refractivity contribution in [1.29, 1.82) is 3.73 Å². The van der Waals surface area contributed by atoms with Gasteiger partial charge in [-0.3, -0.25) is 0 Å². The molecule has 0 aliphatic rings. The third kappa shape index (κ3) is 48.0. The van der Waals surface area contributed by atoms with Crippen molar-refractivity contribution in [3.05, 3.63) is 104 Å². The molecule has 0 amide bonds. The van der Waals surface area contributed by atoms with Crippen LogP contribution in [0.3, 0.4) is 0 Å². The Balaban J connectivity index is -0.000000271. The average Bonchev–Trinajstić information content (AvgIpc) is 3.04. The maximum Gasteiger partial charge on any atom is 3.00 e. The molecule has 53 heavy (non-hydrogen) atoms. The molecule has 0 saturated carbocycles. The van der Waals surface area contributed by atoms with Crippen molar-refractivity contribution >= 4 is 17.1 Å². The molecular formula is C44H76MoN4O3Ti. The molecule has 0 aliphatic heterocycles. The van der Waals surface area contributed by atoms with Gasteiger partial charge in [0, 0.05) is 24.7 Å². The average molecular weight is 871 g/mol. The summed E-state index contributed by atoms with van der Waals surface area (Å²) in [6.45, 7) is 8.87. The predicted molar refractivity (Wildman–Crippen MR) is 225 cm³/mol. The molecule has 0 fully saturated rings. The fraction of sp³-hybridized carbons (Fsp3) is 0.591. The van der Waals surface area contributed by atoms with Gasteiger partial charge in [0.25, 0.3) is 0 Å². The Labute approximate surface area is 378 Å². The Morgan fingerprint density at radius 2 is 0.566 bits per heavy atom. The second kappa shape index (κ2) is 26.8. The number of nitrogens with zero attached hydrogens (tertiary/aromatic N) is 4. The molecule has 3 aromatic rings. The van der Waals surface area contributed by atoms with Crippen LogP contribution >= 0.6 is 0 Å². The minimum Gasteiger partial charge on any atom is 3.00 e. The van der Waals surface area contributed by atoms with Crippen LogP contribution in [0.5, 0.6) is 0 Å². The van der Waals surface area contributed by atoms with E-state index in [0.29, 0.717) is 17.1 Å². The van der Waals surface area contributed by atoms with Crippen molar-refractivity contribution in [3.63, 3.8) is 0 Å². The van der Waals surface area contributed by atoms with Gasteiger partial charge in [-0.2, -0.15) is 0 Å². The first kappa shape index (κ1) is 31.2. The number of aryl methyl sites for hydroxylation is 6. The van der Waals surface area contributed by atoms with E-state index >= 15 is 0 Å². The van der Waals surface area contributed by atoms with Gasteiger partial charge in [0.15, 0.2) is 0 Å². The molecule has 0 aromatic heterocycles. The summed E-state index contributed by atoms with van der Waals surface area (Å²) >= 11 is 0.950. The number of benzene rings is 3. The maximum atomic E-state index is 8.52. The van der Waals surface area contributed by atoms with Crippen molar-refractivity contribution < 1.29 is 81.5 Å². The molecule has 0 aliphatic carbocycles. The Kier molecular flexibility index (Phi) is 15.8. The van der Waals surface area contributed by atoms with Crippen LogP contribution in [0.2, 0.25) is 0 Å². The molecule has 0 unspecified atom stereocenters. The van der Waals surface area contributed by atoms with E-state index in [1.807, 2.05) is 59.7 Å². The van der Waals surface area contributed by atoms with Gasteiger partial charge in [-0.1, -0.05) is 150 Å². The van der Waals surface area contributed by atoms with E-state index in [1.54, 1.807) is 77.9 Å². The molecule has 0 heterocycles. The van der Waals surface area contributed by atoms with Gasteiger partial charge in [-0.25, -0.2) is 0 Å².